The summed E-state index contributed by atoms with van der Waals surface area (Å²) in [7, 11) is 0. The first-order valence-corrected chi connectivity index (χ1v) is 8.20. The molecule has 0 spiro atoms. The van der Waals surface area contributed by atoms with Crippen LogP contribution in [0, 0.1) is 13.8 Å². The summed E-state index contributed by atoms with van der Waals surface area (Å²) in [5, 5.41) is 0. The molecule has 0 saturated carbocycles. The molecular formula is C19H24N2O. The highest BCUT2D eigenvalue weighted by Crippen LogP contribution is 2.24. The van der Waals surface area contributed by atoms with Gasteiger partial charge in [-0.15, -0.1) is 0 Å². The van der Waals surface area contributed by atoms with Gasteiger partial charge in [0.1, 0.15) is 0 Å². The number of aromatic nitrogens is 1. The zero-order valence-electron chi connectivity index (χ0n) is 13.5. The average molecular weight is 296 g/mol. The van der Waals surface area contributed by atoms with Crippen LogP contribution in [0.1, 0.15) is 47.4 Å². The van der Waals surface area contributed by atoms with Gasteiger partial charge in [0.05, 0.1) is 0 Å². The first kappa shape index (κ1) is 14.9. The van der Waals surface area contributed by atoms with Crippen LogP contribution in [0.4, 0.5) is 5.69 Å². The highest BCUT2D eigenvalue weighted by atomic mass is 16.1. The Balaban J connectivity index is 1.88. The molecule has 1 aromatic carbocycles. The highest BCUT2D eigenvalue weighted by molar-refractivity contribution is 5.77. The predicted molar refractivity (Wildman–Crippen MR) is 91.3 cm³/mol. The molecule has 1 fully saturated rings. The normalized spacial score (nSPS) is 15.6. The second kappa shape index (κ2) is 6.39. The van der Waals surface area contributed by atoms with Crippen molar-refractivity contribution in [3.63, 3.8) is 0 Å². The van der Waals surface area contributed by atoms with E-state index in [1.165, 1.54) is 31.4 Å². The standard InChI is InChI=1S/C19H24N2O/c1-15-13-17(14-22)16(2)21(15)19-9-7-18(8-10-19)20-11-5-3-4-6-12-20/h7-10,13-14H,3-6,11-12H2,1-2H3. The molecule has 1 aromatic heterocycles. The Kier molecular flexibility index (Phi) is 4.32. The maximum Gasteiger partial charge on any atom is 0.151 e. The number of carbonyl (C=O) groups excluding carboxylic acids is 1. The van der Waals surface area contributed by atoms with E-state index in [0.717, 1.165) is 42.0 Å². The molecule has 22 heavy (non-hydrogen) atoms. The fraction of sp³-hybridized carbons (Fsp3) is 0.421. The Morgan fingerprint density at radius 2 is 1.50 bits per heavy atom. The largest absolute Gasteiger partial charge is 0.372 e. The van der Waals surface area contributed by atoms with Crippen molar-refractivity contribution in [3.8, 4) is 5.69 Å². The molecule has 3 rings (SSSR count). The van der Waals surface area contributed by atoms with Crippen LogP contribution in [0.25, 0.3) is 5.69 Å². The van der Waals surface area contributed by atoms with Crippen molar-refractivity contribution in [2.75, 3.05) is 18.0 Å². The Morgan fingerprint density at radius 3 is 2.05 bits per heavy atom. The van der Waals surface area contributed by atoms with Crippen molar-refractivity contribution in [1.82, 2.24) is 4.57 Å². The van der Waals surface area contributed by atoms with Gasteiger partial charge < -0.3 is 9.47 Å². The second-order valence-electron chi connectivity index (χ2n) is 6.20. The molecule has 1 aliphatic heterocycles. The molecule has 0 unspecified atom stereocenters. The Labute approximate surface area is 132 Å². The molecular weight excluding hydrogens is 272 g/mol. The summed E-state index contributed by atoms with van der Waals surface area (Å²) in [5.41, 5.74) is 5.32. The highest BCUT2D eigenvalue weighted by Gasteiger charge is 2.12. The summed E-state index contributed by atoms with van der Waals surface area (Å²) < 4.78 is 2.15. The summed E-state index contributed by atoms with van der Waals surface area (Å²) in [6, 6.07) is 10.7. The number of aryl methyl sites for hydroxylation is 1. The van der Waals surface area contributed by atoms with Crippen molar-refractivity contribution in [1.29, 1.82) is 0 Å². The minimum Gasteiger partial charge on any atom is -0.372 e. The maximum atomic E-state index is 11.1. The molecule has 3 heteroatoms. The van der Waals surface area contributed by atoms with Crippen molar-refractivity contribution in [2.45, 2.75) is 39.5 Å². The van der Waals surface area contributed by atoms with E-state index in [9.17, 15) is 4.79 Å². The van der Waals surface area contributed by atoms with E-state index >= 15 is 0 Å². The number of hydrogen-bond acceptors (Lipinski definition) is 2. The number of nitrogens with zero attached hydrogens (tertiary/aromatic N) is 2. The van der Waals surface area contributed by atoms with Crippen molar-refractivity contribution < 1.29 is 4.79 Å². The molecule has 116 valence electrons. The second-order valence-corrected chi connectivity index (χ2v) is 6.20. The third-order valence-electron chi connectivity index (χ3n) is 4.68. The lowest BCUT2D eigenvalue weighted by Crippen LogP contribution is -2.23. The molecule has 2 aromatic rings. The quantitative estimate of drug-likeness (QED) is 0.790. The number of anilines is 1. The first-order valence-electron chi connectivity index (χ1n) is 8.20. The molecule has 1 aliphatic rings. The first-order chi connectivity index (χ1) is 10.7. The summed E-state index contributed by atoms with van der Waals surface area (Å²) in [6.07, 6.45) is 6.22. The van der Waals surface area contributed by atoms with Gasteiger partial charge in [0.15, 0.2) is 6.29 Å². The van der Waals surface area contributed by atoms with Gasteiger partial charge in [0.2, 0.25) is 0 Å². The molecule has 0 radical (unpaired) electrons. The monoisotopic (exact) mass is 296 g/mol. The Bertz CT molecular complexity index is 647. The molecule has 0 bridgehead atoms. The number of benzene rings is 1. The average Bonchev–Trinajstić information content (AvgIpc) is 2.74. The number of carbonyl (C=O) groups is 1. The molecule has 1 saturated heterocycles. The molecule has 3 nitrogen and oxygen atoms in total. The lowest BCUT2D eigenvalue weighted by Gasteiger charge is -2.23. The summed E-state index contributed by atoms with van der Waals surface area (Å²) in [4.78, 5) is 13.6. The SMILES string of the molecule is Cc1cc(C=O)c(C)n1-c1ccc(N2CCCCCC2)cc1. The van der Waals surface area contributed by atoms with Gasteiger partial charge in [-0.1, -0.05) is 12.8 Å². The van der Waals surface area contributed by atoms with E-state index < -0.39 is 0 Å². The summed E-state index contributed by atoms with van der Waals surface area (Å²) in [5.74, 6) is 0. The lowest BCUT2D eigenvalue weighted by molar-refractivity contribution is 0.112. The smallest absolute Gasteiger partial charge is 0.151 e. The fourth-order valence-corrected chi connectivity index (χ4v) is 3.45. The van der Waals surface area contributed by atoms with Gasteiger partial charge in [-0.2, -0.15) is 0 Å². The minimum absolute atomic E-state index is 0.772. The third kappa shape index (κ3) is 2.80. The van der Waals surface area contributed by atoms with Gasteiger partial charge in [-0.3, -0.25) is 4.79 Å². The number of rotatable bonds is 3. The van der Waals surface area contributed by atoms with Gasteiger partial charge in [-0.25, -0.2) is 0 Å². The zero-order chi connectivity index (χ0) is 15.5. The van der Waals surface area contributed by atoms with Crippen molar-refractivity contribution in [2.24, 2.45) is 0 Å². The number of aldehydes is 1. The van der Waals surface area contributed by atoms with E-state index in [0.29, 0.717) is 0 Å². The molecule has 2 heterocycles. The van der Waals surface area contributed by atoms with E-state index in [2.05, 4.69) is 33.7 Å². The van der Waals surface area contributed by atoms with E-state index in [1.807, 2.05) is 19.9 Å². The van der Waals surface area contributed by atoms with Gasteiger partial charge in [0.25, 0.3) is 0 Å². The zero-order valence-corrected chi connectivity index (χ0v) is 13.5. The maximum absolute atomic E-state index is 11.1. The summed E-state index contributed by atoms with van der Waals surface area (Å²) >= 11 is 0. The lowest BCUT2D eigenvalue weighted by atomic mass is 10.2. The van der Waals surface area contributed by atoms with E-state index in [1.54, 1.807) is 0 Å². The van der Waals surface area contributed by atoms with Gasteiger partial charge in [0, 0.05) is 41.4 Å². The van der Waals surface area contributed by atoms with Crippen molar-refractivity contribution in [3.05, 3.63) is 47.3 Å². The van der Waals surface area contributed by atoms with Gasteiger partial charge >= 0.3 is 0 Å². The van der Waals surface area contributed by atoms with Crippen LogP contribution in [0.15, 0.2) is 30.3 Å². The van der Waals surface area contributed by atoms with E-state index in [4.69, 9.17) is 0 Å². The Hall–Kier alpha value is -2.03. The van der Waals surface area contributed by atoms with E-state index in [-0.39, 0.29) is 0 Å². The topological polar surface area (TPSA) is 25.2 Å². The Morgan fingerprint density at radius 1 is 0.909 bits per heavy atom. The third-order valence-corrected chi connectivity index (χ3v) is 4.68. The molecule has 0 aliphatic carbocycles. The van der Waals surface area contributed by atoms with Crippen molar-refractivity contribution >= 4 is 12.0 Å². The number of hydrogen-bond donors (Lipinski definition) is 0. The van der Waals surface area contributed by atoms with Crippen LogP contribution in [-0.2, 0) is 0 Å². The van der Waals surface area contributed by atoms with Crippen LogP contribution in [-0.4, -0.2) is 23.9 Å². The summed E-state index contributed by atoms with van der Waals surface area (Å²) in [6.45, 7) is 6.37. The van der Waals surface area contributed by atoms with Crippen LogP contribution in [0.2, 0.25) is 0 Å². The molecule has 0 amide bonds. The predicted octanol–water partition coefficient (Wildman–Crippen LogP) is 4.29. The van der Waals surface area contributed by atoms with Crippen LogP contribution in [0.3, 0.4) is 0 Å². The van der Waals surface area contributed by atoms with Crippen LogP contribution in [0.5, 0.6) is 0 Å². The van der Waals surface area contributed by atoms with Crippen LogP contribution >= 0.6 is 0 Å². The molecule has 0 atom stereocenters. The fourth-order valence-electron chi connectivity index (χ4n) is 3.45. The van der Waals surface area contributed by atoms with Gasteiger partial charge in [-0.05, 0) is 57.0 Å². The van der Waals surface area contributed by atoms with Crippen LogP contribution < -0.4 is 4.90 Å². The minimum atomic E-state index is 0.772. The molecule has 0 N–H and O–H groups in total.